The van der Waals surface area contributed by atoms with Crippen molar-refractivity contribution >= 4 is 0 Å². The highest BCUT2D eigenvalue weighted by Gasteiger charge is 1.93. The van der Waals surface area contributed by atoms with E-state index < -0.39 is 0 Å². The van der Waals surface area contributed by atoms with Crippen LogP contribution in [0, 0.1) is 0 Å². The quantitative estimate of drug-likeness (QED) is 0.466. The Morgan fingerprint density at radius 1 is 0.706 bits per heavy atom. The molecule has 0 saturated heterocycles. The van der Waals surface area contributed by atoms with Crippen LogP contribution in [-0.4, -0.2) is 0 Å². The summed E-state index contributed by atoms with van der Waals surface area (Å²) in [6.07, 6.45) is 18.7. The van der Waals surface area contributed by atoms with Gasteiger partial charge in [0.1, 0.15) is 0 Å². The molecule has 0 N–H and O–H groups in total. The van der Waals surface area contributed by atoms with Gasteiger partial charge >= 0.3 is 0 Å². The second kappa shape index (κ2) is 8.11. The molecule has 0 aromatic rings. The van der Waals surface area contributed by atoms with Gasteiger partial charge in [-0.2, -0.15) is 0 Å². The summed E-state index contributed by atoms with van der Waals surface area (Å²) in [5, 5.41) is 0. The van der Waals surface area contributed by atoms with Gasteiger partial charge in [0.2, 0.25) is 0 Å². The number of hydrogen-bond acceptors (Lipinski definition) is 0. The Morgan fingerprint density at radius 3 is 1.88 bits per heavy atom. The van der Waals surface area contributed by atoms with Crippen LogP contribution in [0.5, 0.6) is 0 Å². The predicted molar refractivity (Wildman–Crippen MR) is 78.1 cm³/mol. The summed E-state index contributed by atoms with van der Waals surface area (Å²) in [6, 6.07) is 0. The minimum atomic E-state index is 1.17. The lowest BCUT2D eigenvalue weighted by atomic mass is 10.0. The van der Waals surface area contributed by atoms with Gasteiger partial charge in [-0.3, -0.25) is 0 Å². The fourth-order valence-electron chi connectivity index (χ4n) is 2.02. The molecule has 0 atom stereocenters. The minimum Gasteiger partial charge on any atom is -0.0853 e. The molecule has 0 radical (unpaired) electrons. The van der Waals surface area contributed by atoms with Crippen molar-refractivity contribution in [2.24, 2.45) is 0 Å². The fraction of sp³-hybridized carbons (Fsp3) is 0.529. The second-order valence-electron chi connectivity index (χ2n) is 5.16. The Kier molecular flexibility index (Phi) is 6.69. The van der Waals surface area contributed by atoms with Crippen molar-refractivity contribution in [2.45, 2.75) is 59.3 Å². The molecule has 0 fully saturated rings. The van der Waals surface area contributed by atoms with E-state index in [1.807, 2.05) is 0 Å². The number of allylic oxidation sites excluding steroid dienone is 8. The lowest BCUT2D eigenvalue weighted by Crippen LogP contribution is -1.82. The van der Waals surface area contributed by atoms with Crippen molar-refractivity contribution in [3.63, 3.8) is 0 Å². The molecule has 0 bridgehead atoms. The molecule has 17 heavy (non-hydrogen) atoms. The van der Waals surface area contributed by atoms with E-state index in [4.69, 9.17) is 0 Å². The van der Waals surface area contributed by atoms with E-state index in [0.717, 1.165) is 0 Å². The van der Waals surface area contributed by atoms with E-state index in [0.29, 0.717) is 0 Å². The standard InChI is InChI=1S/C17H26/c1-15-9-5-4-6-10-16(2)12-8-14-17(3)13-7-11-15/h4-5,9,12-13H,6-8,10-11,14H2,1-3H3/b5-4+,15-9+,16-12+,17-13+. The van der Waals surface area contributed by atoms with E-state index in [1.165, 1.54) is 55.2 Å². The van der Waals surface area contributed by atoms with Crippen molar-refractivity contribution in [1.82, 2.24) is 0 Å². The topological polar surface area (TPSA) is 0 Å². The van der Waals surface area contributed by atoms with Crippen LogP contribution >= 0.6 is 0 Å². The normalized spacial score (nSPS) is 31.1. The maximum atomic E-state index is 2.40. The summed E-state index contributed by atoms with van der Waals surface area (Å²) in [6.45, 7) is 6.73. The second-order valence-corrected chi connectivity index (χ2v) is 5.16. The first kappa shape index (κ1) is 14.0. The van der Waals surface area contributed by atoms with E-state index >= 15 is 0 Å². The zero-order chi connectivity index (χ0) is 12.5. The van der Waals surface area contributed by atoms with E-state index in [-0.39, 0.29) is 0 Å². The van der Waals surface area contributed by atoms with Crippen LogP contribution in [0.25, 0.3) is 0 Å². The molecule has 1 aliphatic rings. The van der Waals surface area contributed by atoms with Gasteiger partial charge in [-0.05, 0) is 59.3 Å². The van der Waals surface area contributed by atoms with Gasteiger partial charge in [-0.15, -0.1) is 0 Å². The average Bonchev–Trinajstić information content (AvgIpc) is 2.27. The zero-order valence-electron chi connectivity index (χ0n) is 11.6. The first-order chi connectivity index (χ1) is 8.18. The van der Waals surface area contributed by atoms with Gasteiger partial charge in [0.15, 0.2) is 0 Å². The van der Waals surface area contributed by atoms with E-state index in [1.54, 1.807) is 0 Å². The van der Waals surface area contributed by atoms with Gasteiger partial charge in [0, 0.05) is 0 Å². The molecule has 0 heteroatoms. The third-order valence-electron chi connectivity index (χ3n) is 3.29. The van der Waals surface area contributed by atoms with Crippen molar-refractivity contribution in [2.75, 3.05) is 0 Å². The van der Waals surface area contributed by atoms with Gasteiger partial charge < -0.3 is 0 Å². The smallest absolute Gasteiger partial charge is 0.0285 e. The number of hydrogen-bond donors (Lipinski definition) is 0. The van der Waals surface area contributed by atoms with Crippen molar-refractivity contribution in [3.05, 3.63) is 47.1 Å². The maximum absolute atomic E-state index is 2.40. The lowest BCUT2D eigenvalue weighted by Gasteiger charge is -2.03. The van der Waals surface area contributed by atoms with Crippen molar-refractivity contribution in [3.8, 4) is 0 Å². The lowest BCUT2D eigenvalue weighted by molar-refractivity contribution is 0.899. The third kappa shape index (κ3) is 6.99. The van der Waals surface area contributed by atoms with Crippen LogP contribution in [0.2, 0.25) is 0 Å². The van der Waals surface area contributed by atoms with E-state index in [9.17, 15) is 0 Å². The van der Waals surface area contributed by atoms with Gasteiger partial charge in [0.05, 0.1) is 0 Å². The maximum Gasteiger partial charge on any atom is -0.0285 e. The van der Waals surface area contributed by atoms with Crippen LogP contribution in [0.1, 0.15) is 59.3 Å². The summed E-state index contributed by atoms with van der Waals surface area (Å²) in [5.41, 5.74) is 4.55. The van der Waals surface area contributed by atoms with Crippen molar-refractivity contribution < 1.29 is 0 Å². The predicted octanol–water partition coefficient (Wildman–Crippen LogP) is 5.74. The molecule has 94 valence electrons. The minimum absolute atomic E-state index is 1.17. The van der Waals surface area contributed by atoms with Crippen LogP contribution in [0.15, 0.2) is 47.1 Å². The summed E-state index contributed by atoms with van der Waals surface area (Å²) in [5.74, 6) is 0. The highest BCUT2D eigenvalue weighted by Crippen LogP contribution is 2.14. The Morgan fingerprint density at radius 2 is 1.24 bits per heavy atom. The monoisotopic (exact) mass is 230 g/mol. The summed E-state index contributed by atoms with van der Waals surface area (Å²) in [4.78, 5) is 0. The number of rotatable bonds is 0. The van der Waals surface area contributed by atoms with Crippen LogP contribution < -0.4 is 0 Å². The molecule has 0 amide bonds. The molecule has 0 aromatic carbocycles. The Hall–Kier alpha value is -1.04. The summed E-state index contributed by atoms with van der Waals surface area (Å²) < 4.78 is 0. The first-order valence-electron chi connectivity index (χ1n) is 6.82. The Balaban J connectivity index is 2.64. The van der Waals surface area contributed by atoms with Gasteiger partial charge in [0.25, 0.3) is 0 Å². The molecule has 0 unspecified atom stereocenters. The molecule has 0 spiro atoms. The van der Waals surface area contributed by atoms with Crippen LogP contribution in [-0.2, 0) is 0 Å². The SMILES string of the molecule is C/C1=C\C=C\CC/C(C)=C/CC/C(C)=C/CC1. The molecule has 0 nitrogen and oxygen atoms in total. The highest BCUT2D eigenvalue weighted by atomic mass is 14.0. The molecular formula is C17H26. The molecule has 0 aliphatic heterocycles. The Labute approximate surface area is 107 Å². The largest absolute Gasteiger partial charge is 0.0853 e. The zero-order valence-corrected chi connectivity index (χ0v) is 11.6. The molecule has 0 saturated carbocycles. The Bertz CT molecular complexity index is 337. The first-order valence-corrected chi connectivity index (χ1v) is 6.82. The van der Waals surface area contributed by atoms with Crippen molar-refractivity contribution in [1.29, 1.82) is 0 Å². The summed E-state index contributed by atoms with van der Waals surface area (Å²) in [7, 11) is 0. The average molecular weight is 230 g/mol. The molecular weight excluding hydrogens is 204 g/mol. The third-order valence-corrected chi connectivity index (χ3v) is 3.29. The van der Waals surface area contributed by atoms with Crippen LogP contribution in [0.4, 0.5) is 0 Å². The molecule has 1 aliphatic carbocycles. The molecule has 1 rings (SSSR count). The summed E-state index contributed by atoms with van der Waals surface area (Å²) >= 11 is 0. The fourth-order valence-corrected chi connectivity index (χ4v) is 2.02. The highest BCUT2D eigenvalue weighted by molar-refractivity contribution is 5.13. The van der Waals surface area contributed by atoms with Crippen LogP contribution in [0.3, 0.4) is 0 Å². The van der Waals surface area contributed by atoms with Gasteiger partial charge in [-0.1, -0.05) is 47.1 Å². The molecule has 0 aromatic heterocycles. The van der Waals surface area contributed by atoms with E-state index in [2.05, 4.69) is 51.2 Å². The molecule has 0 heterocycles. The van der Waals surface area contributed by atoms with Gasteiger partial charge in [-0.25, -0.2) is 0 Å².